The zero-order valence-electron chi connectivity index (χ0n) is 13.1. The third-order valence-electron chi connectivity index (χ3n) is 4.02. The maximum Gasteiger partial charge on any atom is 0.0910 e. The van der Waals surface area contributed by atoms with E-state index in [1.165, 1.54) is 32.1 Å². The van der Waals surface area contributed by atoms with Gasteiger partial charge in [0.15, 0.2) is 0 Å². The number of rotatable bonds is 7. The molecule has 0 bridgehead atoms. The van der Waals surface area contributed by atoms with Crippen LogP contribution in [0.2, 0.25) is 0 Å². The molecule has 2 rings (SSSR count). The Kier molecular flexibility index (Phi) is 6.05. The van der Waals surface area contributed by atoms with Crippen LogP contribution in [0.5, 0.6) is 0 Å². The largest absolute Gasteiger partial charge is 0.372 e. The predicted octanol–water partition coefficient (Wildman–Crippen LogP) is 3.29. The Labute approximate surface area is 122 Å². The van der Waals surface area contributed by atoms with Gasteiger partial charge in [-0.15, -0.1) is 0 Å². The minimum atomic E-state index is 0.416. The van der Waals surface area contributed by atoms with E-state index < -0.39 is 0 Å². The Morgan fingerprint density at radius 2 is 2.10 bits per heavy atom. The van der Waals surface area contributed by atoms with Gasteiger partial charge in [0.2, 0.25) is 0 Å². The van der Waals surface area contributed by atoms with E-state index >= 15 is 0 Å². The molecule has 0 aromatic carbocycles. The summed E-state index contributed by atoms with van der Waals surface area (Å²) in [4.78, 5) is 0. The highest BCUT2D eigenvalue weighted by Gasteiger charge is 2.21. The number of nitrogens with zero attached hydrogens (tertiary/aromatic N) is 2. The van der Waals surface area contributed by atoms with Gasteiger partial charge >= 0.3 is 0 Å². The van der Waals surface area contributed by atoms with Gasteiger partial charge in [-0.3, -0.25) is 4.68 Å². The van der Waals surface area contributed by atoms with Gasteiger partial charge in [-0.05, 0) is 58.6 Å². The van der Waals surface area contributed by atoms with Crippen LogP contribution in [0.25, 0.3) is 0 Å². The minimum absolute atomic E-state index is 0.416. The summed E-state index contributed by atoms with van der Waals surface area (Å²) in [6.07, 6.45) is 8.50. The third kappa shape index (κ3) is 4.60. The molecule has 0 aliphatic heterocycles. The monoisotopic (exact) mass is 279 g/mol. The summed E-state index contributed by atoms with van der Waals surface area (Å²) in [6, 6.07) is 3.19. The molecule has 1 heterocycles. The first kappa shape index (κ1) is 15.5. The van der Waals surface area contributed by atoms with Gasteiger partial charge in [0.1, 0.15) is 0 Å². The average molecular weight is 279 g/mol. The molecule has 0 unspecified atom stereocenters. The fourth-order valence-electron chi connectivity index (χ4n) is 2.73. The number of hydrogen-bond acceptors (Lipinski definition) is 3. The van der Waals surface area contributed by atoms with Crippen molar-refractivity contribution >= 4 is 0 Å². The van der Waals surface area contributed by atoms with Crippen molar-refractivity contribution in [3.8, 4) is 0 Å². The predicted molar refractivity (Wildman–Crippen MR) is 81.7 cm³/mol. The summed E-state index contributed by atoms with van der Waals surface area (Å²) in [7, 11) is 0. The molecule has 4 heteroatoms. The van der Waals surface area contributed by atoms with Crippen LogP contribution in [-0.2, 0) is 11.3 Å². The Hall–Kier alpha value is -0.870. The summed E-state index contributed by atoms with van der Waals surface area (Å²) in [5, 5.41) is 8.14. The van der Waals surface area contributed by atoms with Crippen LogP contribution < -0.4 is 5.32 Å². The van der Waals surface area contributed by atoms with Gasteiger partial charge in [-0.1, -0.05) is 6.92 Å². The number of hydrogen-bond donors (Lipinski definition) is 1. The van der Waals surface area contributed by atoms with E-state index in [1.54, 1.807) is 0 Å². The molecule has 1 fully saturated rings. The molecule has 1 aliphatic rings. The van der Waals surface area contributed by atoms with E-state index in [9.17, 15) is 0 Å². The van der Waals surface area contributed by atoms with E-state index in [-0.39, 0.29) is 0 Å². The smallest absolute Gasteiger partial charge is 0.0910 e. The fraction of sp³-hybridized carbons (Fsp3) is 0.812. The van der Waals surface area contributed by atoms with Crippen LogP contribution in [0.15, 0.2) is 12.3 Å². The van der Waals surface area contributed by atoms with Crippen molar-refractivity contribution in [2.24, 2.45) is 0 Å². The fourth-order valence-corrected chi connectivity index (χ4v) is 2.73. The number of nitrogens with one attached hydrogen (secondary N) is 1. The van der Waals surface area contributed by atoms with Crippen LogP contribution >= 0.6 is 0 Å². The minimum Gasteiger partial charge on any atom is -0.372 e. The van der Waals surface area contributed by atoms with Crippen LogP contribution in [0, 0.1) is 0 Å². The molecule has 0 spiro atoms. The first-order valence-electron chi connectivity index (χ1n) is 8.08. The quantitative estimate of drug-likeness (QED) is 0.832. The summed E-state index contributed by atoms with van der Waals surface area (Å²) in [5.41, 5.74) is 1.05. The van der Waals surface area contributed by atoms with Crippen LogP contribution in [0.3, 0.4) is 0 Å². The lowest BCUT2D eigenvalue weighted by atomic mass is 9.93. The molecule has 1 aromatic heterocycles. The molecule has 0 radical (unpaired) electrons. The van der Waals surface area contributed by atoms with Crippen LogP contribution in [0.4, 0.5) is 0 Å². The lowest BCUT2D eigenvalue weighted by Gasteiger charge is -2.29. The van der Waals surface area contributed by atoms with Gasteiger partial charge in [-0.2, -0.15) is 5.10 Å². The molecule has 1 saturated carbocycles. The molecule has 1 N–H and O–H groups in total. The molecular weight excluding hydrogens is 250 g/mol. The van der Waals surface area contributed by atoms with Crippen LogP contribution in [0.1, 0.15) is 64.6 Å². The second-order valence-electron chi connectivity index (χ2n) is 6.12. The van der Waals surface area contributed by atoms with E-state index in [0.29, 0.717) is 24.8 Å². The average Bonchev–Trinajstić information content (AvgIpc) is 2.93. The Bertz CT molecular complexity index is 381. The zero-order valence-corrected chi connectivity index (χ0v) is 13.1. The summed E-state index contributed by atoms with van der Waals surface area (Å²) < 4.78 is 8.00. The summed E-state index contributed by atoms with van der Waals surface area (Å²) in [6.45, 7) is 8.29. The Balaban J connectivity index is 1.67. The van der Waals surface area contributed by atoms with Crippen molar-refractivity contribution in [3.05, 3.63) is 18.0 Å². The maximum atomic E-state index is 6.01. The van der Waals surface area contributed by atoms with Gasteiger partial charge in [0.25, 0.3) is 0 Å². The molecule has 0 amide bonds. The van der Waals surface area contributed by atoms with E-state index in [4.69, 9.17) is 4.74 Å². The molecule has 114 valence electrons. The summed E-state index contributed by atoms with van der Waals surface area (Å²) >= 11 is 0. The van der Waals surface area contributed by atoms with E-state index in [2.05, 4.69) is 37.3 Å². The molecular formula is C16H29N3O. The number of ether oxygens (including phenoxy) is 1. The highest BCUT2D eigenvalue weighted by Crippen LogP contribution is 2.22. The zero-order chi connectivity index (χ0) is 14.4. The summed E-state index contributed by atoms with van der Waals surface area (Å²) in [5.74, 6) is 0. The topological polar surface area (TPSA) is 39.1 Å². The van der Waals surface area contributed by atoms with Gasteiger partial charge in [0.05, 0.1) is 18.4 Å². The Morgan fingerprint density at radius 3 is 2.70 bits per heavy atom. The van der Waals surface area contributed by atoms with Crippen LogP contribution in [-0.4, -0.2) is 28.5 Å². The molecule has 4 nitrogen and oxygen atoms in total. The van der Waals surface area contributed by atoms with Crippen molar-refractivity contribution in [1.29, 1.82) is 0 Å². The molecule has 20 heavy (non-hydrogen) atoms. The van der Waals surface area contributed by atoms with Crippen molar-refractivity contribution < 1.29 is 4.74 Å². The highest BCUT2D eigenvalue weighted by atomic mass is 16.5. The first-order chi connectivity index (χ1) is 9.69. The normalized spacial score (nSPS) is 23.4. The Morgan fingerprint density at radius 1 is 1.35 bits per heavy atom. The number of aromatic nitrogens is 2. The molecule has 0 atom stereocenters. The van der Waals surface area contributed by atoms with E-state index in [0.717, 1.165) is 12.2 Å². The second-order valence-corrected chi connectivity index (χ2v) is 6.12. The van der Waals surface area contributed by atoms with Gasteiger partial charge in [0, 0.05) is 18.3 Å². The molecule has 0 saturated heterocycles. The second kappa shape index (κ2) is 7.79. The highest BCUT2D eigenvalue weighted by molar-refractivity contribution is 4.98. The van der Waals surface area contributed by atoms with Gasteiger partial charge < -0.3 is 10.1 Å². The maximum absolute atomic E-state index is 6.01. The first-order valence-corrected chi connectivity index (χ1v) is 8.08. The van der Waals surface area contributed by atoms with Crippen molar-refractivity contribution in [2.75, 3.05) is 6.54 Å². The van der Waals surface area contributed by atoms with Crippen molar-refractivity contribution in [1.82, 2.24) is 15.1 Å². The third-order valence-corrected chi connectivity index (χ3v) is 4.02. The lowest BCUT2D eigenvalue weighted by Crippen LogP contribution is -2.35. The SMILES string of the molecule is CCCNC1CCC(OCc2ccn(C(C)C)n2)CC1. The lowest BCUT2D eigenvalue weighted by molar-refractivity contribution is 0.00958. The van der Waals surface area contributed by atoms with E-state index in [1.807, 2.05) is 10.9 Å². The van der Waals surface area contributed by atoms with Crippen molar-refractivity contribution in [2.45, 2.75) is 77.7 Å². The van der Waals surface area contributed by atoms with Gasteiger partial charge in [-0.25, -0.2) is 0 Å². The standard InChI is InChI=1S/C16H29N3O/c1-4-10-17-14-5-7-16(8-6-14)20-12-15-9-11-19(18-15)13(2)3/h9,11,13-14,16-17H,4-8,10,12H2,1-3H3. The molecule has 1 aliphatic carbocycles. The van der Waals surface area contributed by atoms with Crippen molar-refractivity contribution in [3.63, 3.8) is 0 Å². The molecule has 1 aromatic rings.